The number of phenolic OH excluding ortho intramolecular Hbond substituents is 1. The van der Waals surface area contributed by atoms with Gasteiger partial charge >= 0.3 is 0 Å². The second-order valence-electron chi connectivity index (χ2n) is 11.3. The van der Waals surface area contributed by atoms with Gasteiger partial charge < -0.3 is 36.2 Å². The van der Waals surface area contributed by atoms with E-state index >= 15 is 0 Å². The molecule has 5 rings (SSSR count). The van der Waals surface area contributed by atoms with Gasteiger partial charge in [-0.1, -0.05) is 0 Å². The molecule has 7 N–H and O–H groups in total. The first-order chi connectivity index (χ1) is 19.3. The lowest BCUT2D eigenvalue weighted by Crippen LogP contribution is -2.65. The molecular formula is C28H34N4O9. The molecule has 1 aromatic carbocycles. The number of nitrogens with zero attached hydrogens (tertiary/aromatic N) is 2. The summed E-state index contributed by atoms with van der Waals surface area (Å²) in [7, 11) is 4.46. The lowest BCUT2D eigenvalue weighted by atomic mass is 9.57. The number of carbonyl (C=O) groups is 4. The third-order valence-electron chi connectivity index (χ3n) is 8.74. The Morgan fingerprint density at radius 1 is 1.20 bits per heavy atom. The smallest absolute Gasteiger partial charge is 0.255 e. The van der Waals surface area contributed by atoms with Crippen LogP contribution in [-0.4, -0.2) is 106 Å². The highest BCUT2D eigenvalue weighted by molar-refractivity contribution is 6.24. The van der Waals surface area contributed by atoms with Gasteiger partial charge in [0.15, 0.2) is 17.1 Å². The number of likely N-dealkylation sites (N-methyl/N-ethyl adjacent to an activating group) is 1. The van der Waals surface area contributed by atoms with Gasteiger partial charge in [0.25, 0.3) is 5.91 Å². The number of rotatable bonds is 6. The van der Waals surface area contributed by atoms with Gasteiger partial charge in [-0.05, 0) is 58.8 Å². The van der Waals surface area contributed by atoms with E-state index in [1.807, 2.05) is 4.90 Å². The molecular weight excluding hydrogens is 536 g/mol. The number of nitrogens with one attached hydrogen (secondary N) is 1. The monoisotopic (exact) mass is 570 g/mol. The first-order valence-corrected chi connectivity index (χ1v) is 13.4. The topological polar surface area (TPSA) is 203 Å². The summed E-state index contributed by atoms with van der Waals surface area (Å²) in [4.78, 5) is 55.4. The number of benzene rings is 1. The number of anilines is 1. The normalized spacial score (nSPS) is 28.0. The number of likely N-dealkylation sites (tertiary alicyclic amines) is 1. The van der Waals surface area contributed by atoms with Crippen molar-refractivity contribution in [3.63, 3.8) is 0 Å². The quantitative estimate of drug-likeness (QED) is 0.199. The molecule has 13 heteroatoms. The van der Waals surface area contributed by atoms with Crippen LogP contribution in [0.25, 0.3) is 5.76 Å². The fourth-order valence-electron chi connectivity index (χ4n) is 6.89. The molecule has 1 unspecified atom stereocenters. The van der Waals surface area contributed by atoms with E-state index in [9.17, 15) is 39.6 Å². The molecule has 1 saturated heterocycles. The lowest BCUT2D eigenvalue weighted by molar-refractivity contribution is -0.153. The van der Waals surface area contributed by atoms with E-state index < -0.39 is 63.8 Å². The minimum atomic E-state index is -2.73. The highest BCUT2D eigenvalue weighted by Crippen LogP contribution is 2.54. The zero-order valence-electron chi connectivity index (χ0n) is 23.1. The van der Waals surface area contributed by atoms with Gasteiger partial charge in [0.2, 0.25) is 11.7 Å². The molecule has 4 atom stereocenters. The maximum Gasteiger partial charge on any atom is 0.255 e. The average Bonchev–Trinajstić information content (AvgIpc) is 3.40. The van der Waals surface area contributed by atoms with E-state index in [2.05, 4.69) is 5.32 Å². The van der Waals surface area contributed by atoms with Crippen LogP contribution in [0.2, 0.25) is 0 Å². The van der Waals surface area contributed by atoms with Crippen molar-refractivity contribution in [1.29, 1.82) is 0 Å². The highest BCUT2D eigenvalue weighted by Gasteiger charge is 2.64. The number of aliphatic hydroxyl groups excluding tert-OH is 2. The largest absolute Gasteiger partial charge is 0.508 e. The van der Waals surface area contributed by atoms with Crippen LogP contribution in [0, 0.1) is 11.8 Å². The second-order valence-corrected chi connectivity index (χ2v) is 11.3. The number of aliphatic hydroxyl groups is 3. The van der Waals surface area contributed by atoms with Gasteiger partial charge in [-0.15, -0.1) is 0 Å². The number of methoxy groups -OCH3 is 1. The Morgan fingerprint density at radius 2 is 1.85 bits per heavy atom. The van der Waals surface area contributed by atoms with E-state index in [-0.39, 0.29) is 47.9 Å². The van der Waals surface area contributed by atoms with E-state index in [1.165, 1.54) is 32.2 Å². The third-order valence-corrected chi connectivity index (χ3v) is 8.74. The molecule has 2 amide bonds. The van der Waals surface area contributed by atoms with Crippen LogP contribution in [0.1, 0.15) is 30.4 Å². The van der Waals surface area contributed by atoms with Crippen LogP contribution in [-0.2, 0) is 25.6 Å². The van der Waals surface area contributed by atoms with Crippen molar-refractivity contribution < 1.29 is 44.3 Å². The number of aromatic hydroxyl groups is 1. The van der Waals surface area contributed by atoms with E-state index in [0.717, 1.165) is 25.9 Å². The molecule has 1 aromatic rings. The van der Waals surface area contributed by atoms with Crippen LogP contribution >= 0.6 is 0 Å². The number of ether oxygens (including phenoxy) is 1. The predicted molar refractivity (Wildman–Crippen MR) is 145 cm³/mol. The molecule has 220 valence electrons. The number of amides is 2. The zero-order chi connectivity index (χ0) is 30.0. The lowest BCUT2D eigenvalue weighted by Gasteiger charge is -2.50. The average molecular weight is 571 g/mol. The minimum absolute atomic E-state index is 0.0371. The zero-order valence-corrected chi connectivity index (χ0v) is 23.1. The maximum absolute atomic E-state index is 14.0. The van der Waals surface area contributed by atoms with Crippen molar-refractivity contribution in [3.8, 4) is 11.5 Å². The standard InChI is InChI=1S/C28H34N4O9/c1-31(2)21-14-9-12-8-13-16(41-3)10-15(30-17(33)11-32-6-4-5-7-32)22(34)19(13)23(35)18(12)25(37)28(14,40)26(38)20(24(21)36)27(29)39/h10,12,14,21,34-35,38,40H,4-9,11H2,1-3H3,(H2,29,39)(H,30,33)/t12-,14-,21?,28-/m0/s1. The van der Waals surface area contributed by atoms with E-state index in [0.29, 0.717) is 5.56 Å². The summed E-state index contributed by atoms with van der Waals surface area (Å²) in [5.74, 6) is -7.59. The van der Waals surface area contributed by atoms with Crippen LogP contribution < -0.4 is 15.8 Å². The van der Waals surface area contributed by atoms with Gasteiger partial charge in [0.05, 0.1) is 30.9 Å². The molecule has 4 aliphatic rings. The van der Waals surface area contributed by atoms with Gasteiger partial charge in [0, 0.05) is 23.1 Å². The number of hydrogen-bond acceptors (Lipinski definition) is 11. The highest BCUT2D eigenvalue weighted by atomic mass is 16.5. The fourth-order valence-corrected chi connectivity index (χ4v) is 6.89. The first-order valence-electron chi connectivity index (χ1n) is 13.4. The van der Waals surface area contributed by atoms with Crippen molar-refractivity contribution in [2.45, 2.75) is 37.3 Å². The number of primary amides is 1. The van der Waals surface area contributed by atoms with Crippen LogP contribution in [0.4, 0.5) is 5.69 Å². The van der Waals surface area contributed by atoms with Crippen molar-refractivity contribution in [2.75, 3.05) is 46.2 Å². The van der Waals surface area contributed by atoms with Crippen molar-refractivity contribution in [2.24, 2.45) is 17.6 Å². The third kappa shape index (κ3) is 4.26. The molecule has 0 bridgehead atoms. The van der Waals surface area contributed by atoms with Crippen molar-refractivity contribution in [1.82, 2.24) is 9.80 Å². The molecule has 0 radical (unpaired) electrons. The van der Waals surface area contributed by atoms with E-state index in [4.69, 9.17) is 10.5 Å². The van der Waals surface area contributed by atoms with Crippen molar-refractivity contribution >= 4 is 34.8 Å². The molecule has 0 spiro atoms. The van der Waals surface area contributed by atoms with Crippen molar-refractivity contribution in [3.05, 3.63) is 34.1 Å². The second kappa shape index (κ2) is 10.2. The number of ketones is 2. The molecule has 1 heterocycles. The summed E-state index contributed by atoms with van der Waals surface area (Å²) in [5, 5.41) is 48.0. The maximum atomic E-state index is 14.0. The molecule has 2 fully saturated rings. The minimum Gasteiger partial charge on any atom is -0.508 e. The van der Waals surface area contributed by atoms with Crippen LogP contribution in [0.3, 0.4) is 0 Å². The first kappa shape index (κ1) is 28.6. The Hall–Kier alpha value is -3.94. The van der Waals surface area contributed by atoms with E-state index in [1.54, 1.807) is 0 Å². The Balaban J connectivity index is 1.62. The fraction of sp³-hybridized carbons (Fsp3) is 0.500. The predicted octanol–water partition coefficient (Wildman–Crippen LogP) is 0.00690. The molecule has 13 nitrogen and oxygen atoms in total. The Kier molecular flexibility index (Phi) is 7.08. The summed E-state index contributed by atoms with van der Waals surface area (Å²) in [6.07, 6.45) is 2.02. The number of Topliss-reactive ketones (excluding diaryl/α,β-unsaturated/α-hetero) is 2. The SMILES string of the molecule is COc1cc(NC(=O)CN2CCCC2)c(O)c2c1C[C@H]1C[C@H]3C(N(C)C)C(=O)C(C(N)=O)=C(O)[C@@]3(O)C(=O)C1=C2O. The summed E-state index contributed by atoms with van der Waals surface area (Å²) < 4.78 is 5.54. The molecule has 41 heavy (non-hydrogen) atoms. The molecule has 1 saturated carbocycles. The molecule has 0 aromatic heterocycles. The van der Waals surface area contributed by atoms with Crippen LogP contribution in [0.15, 0.2) is 23.0 Å². The number of nitrogens with two attached hydrogens (primary N) is 1. The van der Waals surface area contributed by atoms with Gasteiger partial charge in [-0.25, -0.2) is 0 Å². The summed E-state index contributed by atoms with van der Waals surface area (Å²) in [5.41, 5.74) is 1.64. The Morgan fingerprint density at radius 3 is 2.44 bits per heavy atom. The van der Waals surface area contributed by atoms with Gasteiger partial charge in [-0.3, -0.25) is 29.0 Å². The van der Waals surface area contributed by atoms with Crippen LogP contribution in [0.5, 0.6) is 11.5 Å². The molecule has 1 aliphatic heterocycles. The number of hydrogen-bond donors (Lipinski definition) is 6. The Labute approximate surface area is 235 Å². The van der Waals surface area contributed by atoms with Gasteiger partial charge in [0.1, 0.15) is 22.8 Å². The Bertz CT molecular complexity index is 1430. The number of fused-ring (bicyclic) bond motifs is 3. The number of carbonyl (C=O) groups excluding carboxylic acids is 4. The summed E-state index contributed by atoms with van der Waals surface area (Å²) in [6, 6.07) is 0.270. The van der Waals surface area contributed by atoms with Gasteiger partial charge in [-0.2, -0.15) is 0 Å². The summed E-state index contributed by atoms with van der Waals surface area (Å²) in [6.45, 7) is 1.68. The molecule has 3 aliphatic carbocycles. The number of phenols is 1. The summed E-state index contributed by atoms with van der Waals surface area (Å²) >= 11 is 0.